The van der Waals surface area contributed by atoms with Gasteiger partial charge >= 0.3 is 5.97 Å². The van der Waals surface area contributed by atoms with Crippen molar-refractivity contribution in [3.63, 3.8) is 0 Å². The van der Waals surface area contributed by atoms with Gasteiger partial charge < -0.3 is 14.8 Å². The molecule has 0 fully saturated rings. The van der Waals surface area contributed by atoms with Crippen LogP contribution < -0.4 is 10.1 Å². The van der Waals surface area contributed by atoms with E-state index in [0.717, 1.165) is 5.56 Å². The minimum atomic E-state index is -0.655. The van der Waals surface area contributed by atoms with Crippen molar-refractivity contribution in [1.82, 2.24) is 5.32 Å². The molecule has 98 valence electrons. The summed E-state index contributed by atoms with van der Waals surface area (Å²) in [5, 5.41) is 2.46. The van der Waals surface area contributed by atoms with Crippen LogP contribution in [-0.4, -0.2) is 25.0 Å². The minimum absolute atomic E-state index is 0.118. The summed E-state index contributed by atoms with van der Waals surface area (Å²) in [6, 6.07) is 6.63. The second-order valence-corrected chi connectivity index (χ2v) is 3.84. The van der Waals surface area contributed by atoms with Crippen LogP contribution in [0.1, 0.15) is 19.4 Å². The summed E-state index contributed by atoms with van der Waals surface area (Å²) in [5.41, 5.74) is 0.781. The third-order valence-corrected chi connectivity index (χ3v) is 2.34. The summed E-state index contributed by atoms with van der Waals surface area (Å²) < 4.78 is 10.2. The van der Waals surface area contributed by atoms with Crippen LogP contribution in [0.5, 0.6) is 5.75 Å². The van der Waals surface area contributed by atoms with E-state index >= 15 is 0 Å². The van der Waals surface area contributed by atoms with E-state index in [0.29, 0.717) is 5.75 Å². The quantitative estimate of drug-likeness (QED) is 0.800. The molecular weight excluding hydrogens is 234 g/mol. The van der Waals surface area contributed by atoms with Gasteiger partial charge in [0.2, 0.25) is 5.91 Å². The van der Waals surface area contributed by atoms with Gasteiger partial charge in [0.05, 0.1) is 7.11 Å². The zero-order valence-electron chi connectivity index (χ0n) is 10.7. The van der Waals surface area contributed by atoms with Crippen molar-refractivity contribution < 1.29 is 19.1 Å². The first-order chi connectivity index (χ1) is 8.54. The molecule has 1 aromatic carbocycles. The maximum Gasteiger partial charge on any atom is 0.328 e. The molecular formula is C13H17NO4. The van der Waals surface area contributed by atoms with Gasteiger partial charge in [-0.3, -0.25) is 4.79 Å². The Morgan fingerprint density at radius 3 is 2.61 bits per heavy atom. The SMILES string of the molecule is COc1ccccc1COC(=O)C(C)NC(C)=O. The molecule has 1 aromatic rings. The highest BCUT2D eigenvalue weighted by Gasteiger charge is 2.15. The Bertz CT molecular complexity index is 431. The van der Waals surface area contributed by atoms with Crippen LogP contribution in [0, 0.1) is 0 Å². The summed E-state index contributed by atoms with van der Waals surface area (Å²) >= 11 is 0. The lowest BCUT2D eigenvalue weighted by Gasteiger charge is -2.13. The summed E-state index contributed by atoms with van der Waals surface area (Å²) in [7, 11) is 1.56. The van der Waals surface area contributed by atoms with Crippen LogP contribution in [-0.2, 0) is 20.9 Å². The highest BCUT2D eigenvalue weighted by Crippen LogP contribution is 2.18. The topological polar surface area (TPSA) is 64.6 Å². The average molecular weight is 251 g/mol. The number of carbonyl (C=O) groups is 2. The van der Waals surface area contributed by atoms with Crippen molar-refractivity contribution in [1.29, 1.82) is 0 Å². The third-order valence-electron chi connectivity index (χ3n) is 2.34. The van der Waals surface area contributed by atoms with Crippen molar-refractivity contribution >= 4 is 11.9 Å². The van der Waals surface area contributed by atoms with Crippen LogP contribution in [0.2, 0.25) is 0 Å². The summed E-state index contributed by atoms with van der Waals surface area (Å²) in [6.07, 6.45) is 0. The molecule has 1 N–H and O–H groups in total. The molecule has 0 saturated heterocycles. The predicted octanol–water partition coefficient (Wildman–Crippen LogP) is 1.26. The highest BCUT2D eigenvalue weighted by atomic mass is 16.5. The summed E-state index contributed by atoms with van der Waals surface area (Å²) in [5.74, 6) is -0.0784. The number of amides is 1. The van der Waals surface area contributed by atoms with Crippen LogP contribution >= 0.6 is 0 Å². The first kappa shape index (κ1) is 14.0. The third kappa shape index (κ3) is 4.08. The molecule has 0 aliphatic heterocycles. The Kier molecular flexibility index (Phi) is 5.17. The van der Waals surface area contributed by atoms with Crippen LogP contribution in [0.4, 0.5) is 0 Å². The van der Waals surface area contributed by atoms with Gasteiger partial charge in [-0.25, -0.2) is 4.79 Å². The van der Waals surface area contributed by atoms with Gasteiger partial charge in [0.1, 0.15) is 18.4 Å². The number of hydrogen-bond acceptors (Lipinski definition) is 4. The van der Waals surface area contributed by atoms with Crippen molar-refractivity contribution in [2.45, 2.75) is 26.5 Å². The molecule has 5 nitrogen and oxygen atoms in total. The minimum Gasteiger partial charge on any atom is -0.496 e. The number of para-hydroxylation sites is 1. The Morgan fingerprint density at radius 1 is 1.33 bits per heavy atom. The molecule has 1 atom stereocenters. The van der Waals surface area contributed by atoms with E-state index < -0.39 is 12.0 Å². The highest BCUT2D eigenvalue weighted by molar-refractivity contribution is 5.82. The fourth-order valence-electron chi connectivity index (χ4n) is 1.46. The molecule has 0 heterocycles. The van der Waals surface area contributed by atoms with Gasteiger partial charge in [0.15, 0.2) is 0 Å². The number of carbonyl (C=O) groups excluding carboxylic acids is 2. The molecule has 0 aliphatic carbocycles. The van der Waals surface area contributed by atoms with Crippen molar-refractivity contribution in [3.8, 4) is 5.75 Å². The van der Waals surface area contributed by atoms with E-state index in [2.05, 4.69) is 5.32 Å². The Morgan fingerprint density at radius 2 is 2.00 bits per heavy atom. The largest absolute Gasteiger partial charge is 0.496 e. The number of rotatable bonds is 5. The molecule has 1 unspecified atom stereocenters. The summed E-state index contributed by atoms with van der Waals surface area (Å²) in [4.78, 5) is 22.4. The van der Waals surface area contributed by atoms with Crippen LogP contribution in [0.25, 0.3) is 0 Å². The zero-order valence-corrected chi connectivity index (χ0v) is 10.7. The lowest BCUT2D eigenvalue weighted by atomic mass is 10.2. The molecule has 5 heteroatoms. The average Bonchev–Trinajstić information content (AvgIpc) is 2.35. The van der Waals surface area contributed by atoms with E-state index in [4.69, 9.17) is 9.47 Å². The monoisotopic (exact) mass is 251 g/mol. The second kappa shape index (κ2) is 6.64. The number of hydrogen-bond donors (Lipinski definition) is 1. The molecule has 0 aliphatic rings. The molecule has 0 saturated carbocycles. The van der Waals surface area contributed by atoms with Crippen LogP contribution in [0.15, 0.2) is 24.3 Å². The maximum atomic E-state index is 11.6. The van der Waals surface area contributed by atoms with Crippen LogP contribution in [0.3, 0.4) is 0 Å². The smallest absolute Gasteiger partial charge is 0.328 e. The lowest BCUT2D eigenvalue weighted by Crippen LogP contribution is -2.38. The number of benzene rings is 1. The van der Waals surface area contributed by atoms with E-state index in [-0.39, 0.29) is 12.5 Å². The first-order valence-corrected chi connectivity index (χ1v) is 5.60. The lowest BCUT2D eigenvalue weighted by molar-refractivity contribution is -0.148. The molecule has 0 aromatic heterocycles. The molecule has 1 amide bonds. The fraction of sp³-hybridized carbons (Fsp3) is 0.385. The molecule has 1 rings (SSSR count). The normalized spacial score (nSPS) is 11.5. The van der Waals surface area contributed by atoms with E-state index in [1.54, 1.807) is 20.1 Å². The van der Waals surface area contributed by atoms with Crippen molar-refractivity contribution in [3.05, 3.63) is 29.8 Å². The molecule has 0 spiro atoms. The zero-order chi connectivity index (χ0) is 13.5. The fourth-order valence-corrected chi connectivity index (χ4v) is 1.46. The van der Waals surface area contributed by atoms with Crippen molar-refractivity contribution in [2.75, 3.05) is 7.11 Å². The van der Waals surface area contributed by atoms with Gasteiger partial charge in [-0.2, -0.15) is 0 Å². The number of nitrogens with one attached hydrogen (secondary N) is 1. The number of esters is 1. The predicted molar refractivity (Wildman–Crippen MR) is 66.1 cm³/mol. The van der Waals surface area contributed by atoms with Gasteiger partial charge in [-0.15, -0.1) is 0 Å². The van der Waals surface area contributed by atoms with Gasteiger partial charge in [0, 0.05) is 12.5 Å². The van der Waals surface area contributed by atoms with Gasteiger partial charge in [0.25, 0.3) is 0 Å². The van der Waals surface area contributed by atoms with Crippen molar-refractivity contribution in [2.24, 2.45) is 0 Å². The number of ether oxygens (including phenoxy) is 2. The van der Waals surface area contributed by atoms with E-state index in [1.807, 2.05) is 18.2 Å². The Hall–Kier alpha value is -2.04. The molecule has 0 bridgehead atoms. The first-order valence-electron chi connectivity index (χ1n) is 5.60. The number of methoxy groups -OCH3 is 1. The van der Waals surface area contributed by atoms with E-state index in [1.165, 1.54) is 6.92 Å². The molecule has 0 radical (unpaired) electrons. The summed E-state index contributed by atoms with van der Waals surface area (Å²) in [6.45, 7) is 3.04. The molecule has 18 heavy (non-hydrogen) atoms. The Balaban J connectivity index is 2.54. The van der Waals surface area contributed by atoms with Gasteiger partial charge in [-0.1, -0.05) is 18.2 Å². The van der Waals surface area contributed by atoms with E-state index in [9.17, 15) is 9.59 Å². The standard InChI is InChI=1S/C13H17NO4/c1-9(14-10(2)15)13(16)18-8-11-6-4-5-7-12(11)17-3/h4-7,9H,8H2,1-3H3,(H,14,15). The van der Waals surface area contributed by atoms with Gasteiger partial charge in [-0.05, 0) is 13.0 Å². The second-order valence-electron chi connectivity index (χ2n) is 3.84. The Labute approximate surface area is 106 Å². The maximum absolute atomic E-state index is 11.6.